The molecule has 0 radical (unpaired) electrons. The Labute approximate surface area is 111 Å². The summed E-state index contributed by atoms with van der Waals surface area (Å²) in [7, 11) is 0. The van der Waals surface area contributed by atoms with Crippen LogP contribution in [-0.4, -0.2) is 33.0 Å². The summed E-state index contributed by atoms with van der Waals surface area (Å²) in [6, 6.07) is 21.4. The number of aliphatic hydroxyl groups is 1. The van der Waals surface area contributed by atoms with Crippen LogP contribution >= 0.6 is 0 Å². The van der Waals surface area contributed by atoms with Gasteiger partial charge in [-0.1, -0.05) is 0 Å². The predicted molar refractivity (Wildman–Crippen MR) is 74.4 cm³/mol. The normalized spacial score (nSPS) is 12.6. The van der Waals surface area contributed by atoms with E-state index in [1.165, 1.54) is 6.54 Å². The minimum atomic E-state index is -1.97. The molecular weight excluding hydrogens is 405 g/mol. The second kappa shape index (κ2) is 6.28. The molecule has 0 bridgehead atoms. The molecule has 0 aliphatic heterocycles. The monoisotopic (exact) mass is 422 g/mol. The van der Waals surface area contributed by atoms with Crippen LogP contribution in [0.2, 0.25) is 4.13 Å². The van der Waals surface area contributed by atoms with E-state index in [9.17, 15) is 5.11 Å². The van der Waals surface area contributed by atoms with Gasteiger partial charge in [0.2, 0.25) is 0 Å². The maximum absolute atomic E-state index is 9.70. The summed E-state index contributed by atoms with van der Waals surface area (Å²) in [5.41, 5.74) is 0. The Morgan fingerprint density at radius 3 is 1.65 bits per heavy atom. The molecule has 17 heavy (non-hydrogen) atoms. The maximum atomic E-state index is 9.70. The van der Waals surface area contributed by atoms with Crippen LogP contribution in [0.15, 0.2) is 60.7 Å². The molecule has 2 aromatic rings. The first-order valence-electron chi connectivity index (χ1n) is 5.83. The standard InChI is InChI=1S/2C6H5.C3H7O.Bi/c2*1-2-4-6-5-3-1;1-3(2)4;/h2*1-5H;3-4H,1H2,2H3;. The van der Waals surface area contributed by atoms with E-state index in [1.807, 2.05) is 6.92 Å². The quantitative estimate of drug-likeness (QED) is 0.744. The van der Waals surface area contributed by atoms with Crippen LogP contribution in [0.25, 0.3) is 0 Å². The topological polar surface area (TPSA) is 20.2 Å². The Morgan fingerprint density at radius 2 is 1.29 bits per heavy atom. The van der Waals surface area contributed by atoms with Gasteiger partial charge < -0.3 is 0 Å². The van der Waals surface area contributed by atoms with Gasteiger partial charge in [0.15, 0.2) is 0 Å². The number of rotatable bonds is 4. The van der Waals surface area contributed by atoms with Crippen molar-refractivity contribution in [3.63, 3.8) is 0 Å². The molecule has 0 aliphatic carbocycles. The van der Waals surface area contributed by atoms with Crippen molar-refractivity contribution in [1.82, 2.24) is 0 Å². The molecule has 0 heterocycles. The van der Waals surface area contributed by atoms with Gasteiger partial charge in [0.05, 0.1) is 0 Å². The average Bonchev–Trinajstić information content (AvgIpc) is 2.38. The van der Waals surface area contributed by atoms with Gasteiger partial charge >= 0.3 is 111 Å². The fraction of sp³-hybridized carbons (Fsp3) is 0.200. The molecule has 0 saturated carbocycles. The predicted octanol–water partition coefficient (Wildman–Crippen LogP) is 1.68. The zero-order valence-corrected chi connectivity index (χ0v) is 13.4. The first kappa shape index (κ1) is 12.7. The molecule has 0 aromatic heterocycles. The minimum absolute atomic E-state index is 0.201. The van der Waals surface area contributed by atoms with Gasteiger partial charge in [-0.2, -0.15) is 0 Å². The first-order valence-corrected chi connectivity index (χ1v) is 11.8. The zero-order valence-electron chi connectivity index (χ0n) is 9.95. The van der Waals surface area contributed by atoms with Gasteiger partial charge in [-0.15, -0.1) is 0 Å². The number of hydrogen-bond donors (Lipinski definition) is 1. The summed E-state index contributed by atoms with van der Waals surface area (Å²) in [4.78, 5) is 0. The SMILES string of the molecule is CC(O)[CH2][Bi]([c]1ccccc1)[c]1ccccc1. The molecule has 1 atom stereocenters. The zero-order chi connectivity index (χ0) is 12.1. The summed E-state index contributed by atoms with van der Waals surface area (Å²) in [5.74, 6) is 0. The molecule has 0 spiro atoms. The van der Waals surface area contributed by atoms with Crippen molar-refractivity contribution in [3.8, 4) is 0 Å². The van der Waals surface area contributed by atoms with Crippen LogP contribution < -0.4 is 6.54 Å². The van der Waals surface area contributed by atoms with Crippen molar-refractivity contribution in [2.24, 2.45) is 0 Å². The third-order valence-corrected chi connectivity index (χ3v) is 13.2. The molecule has 2 rings (SSSR count). The summed E-state index contributed by atoms with van der Waals surface area (Å²) < 4.78 is 3.90. The van der Waals surface area contributed by atoms with Gasteiger partial charge in [-0.25, -0.2) is 0 Å². The Bertz CT molecular complexity index is 399. The third-order valence-electron chi connectivity index (χ3n) is 2.58. The van der Waals surface area contributed by atoms with Crippen molar-refractivity contribution in [2.75, 3.05) is 0 Å². The fourth-order valence-corrected chi connectivity index (χ4v) is 10.8. The summed E-state index contributed by atoms with van der Waals surface area (Å²) in [5, 5.41) is 9.70. The van der Waals surface area contributed by atoms with E-state index >= 15 is 0 Å². The molecule has 0 saturated heterocycles. The number of benzene rings is 2. The van der Waals surface area contributed by atoms with Crippen LogP contribution in [0.5, 0.6) is 0 Å². The Kier molecular flexibility index (Phi) is 4.70. The van der Waals surface area contributed by atoms with Crippen LogP contribution in [0.3, 0.4) is 0 Å². The first-order chi connectivity index (χ1) is 8.27. The molecule has 1 N–H and O–H groups in total. The van der Waals surface area contributed by atoms with Crippen LogP contribution in [-0.2, 0) is 0 Å². The molecular formula is C15H17BiO. The molecule has 2 aromatic carbocycles. The van der Waals surface area contributed by atoms with E-state index in [0.29, 0.717) is 0 Å². The number of aliphatic hydroxyl groups excluding tert-OH is 1. The molecule has 1 nitrogen and oxygen atoms in total. The molecule has 2 heteroatoms. The molecule has 1 unspecified atom stereocenters. The second-order valence-electron chi connectivity index (χ2n) is 4.13. The fourth-order valence-electron chi connectivity index (χ4n) is 1.84. The van der Waals surface area contributed by atoms with Gasteiger partial charge in [-0.05, 0) is 0 Å². The Hall–Kier alpha value is -0.717. The Morgan fingerprint density at radius 1 is 0.882 bits per heavy atom. The van der Waals surface area contributed by atoms with Gasteiger partial charge in [0, 0.05) is 0 Å². The number of hydrogen-bond acceptors (Lipinski definition) is 1. The van der Waals surface area contributed by atoms with E-state index in [-0.39, 0.29) is 6.10 Å². The van der Waals surface area contributed by atoms with E-state index in [0.717, 1.165) is 4.13 Å². The van der Waals surface area contributed by atoms with Gasteiger partial charge in [-0.3, -0.25) is 0 Å². The third kappa shape index (κ3) is 3.62. The van der Waals surface area contributed by atoms with E-state index in [1.54, 1.807) is 0 Å². The second-order valence-corrected chi connectivity index (χ2v) is 12.9. The van der Waals surface area contributed by atoms with Crippen molar-refractivity contribution in [1.29, 1.82) is 0 Å². The molecule has 88 valence electrons. The summed E-state index contributed by atoms with van der Waals surface area (Å²) >= 11 is -1.97. The van der Waals surface area contributed by atoms with E-state index in [4.69, 9.17) is 0 Å². The van der Waals surface area contributed by atoms with Crippen molar-refractivity contribution in [2.45, 2.75) is 17.2 Å². The van der Waals surface area contributed by atoms with Crippen molar-refractivity contribution >= 4 is 28.3 Å². The molecule has 0 fully saturated rings. The van der Waals surface area contributed by atoms with Gasteiger partial charge in [0.1, 0.15) is 0 Å². The average molecular weight is 422 g/mol. The van der Waals surface area contributed by atoms with E-state index < -0.39 is 21.8 Å². The summed E-state index contributed by atoms with van der Waals surface area (Å²) in [6.07, 6.45) is -0.201. The van der Waals surface area contributed by atoms with Gasteiger partial charge in [0.25, 0.3) is 0 Å². The van der Waals surface area contributed by atoms with Crippen molar-refractivity contribution < 1.29 is 5.11 Å². The van der Waals surface area contributed by atoms with Crippen molar-refractivity contribution in [3.05, 3.63) is 60.7 Å². The van der Waals surface area contributed by atoms with Crippen LogP contribution in [0, 0.1) is 0 Å². The molecule has 0 amide bonds. The molecule has 0 aliphatic rings. The Balaban J connectivity index is 2.32. The van der Waals surface area contributed by atoms with Crippen LogP contribution in [0.4, 0.5) is 0 Å². The summed E-state index contributed by atoms with van der Waals surface area (Å²) in [6.45, 7) is 1.90. The van der Waals surface area contributed by atoms with E-state index in [2.05, 4.69) is 60.7 Å². The van der Waals surface area contributed by atoms with Crippen LogP contribution in [0.1, 0.15) is 6.92 Å².